The van der Waals surface area contributed by atoms with Gasteiger partial charge >= 0.3 is 5.97 Å². The quantitative estimate of drug-likeness (QED) is 0.904. The first-order chi connectivity index (χ1) is 9.65. The van der Waals surface area contributed by atoms with E-state index in [1.54, 1.807) is 0 Å². The van der Waals surface area contributed by atoms with E-state index in [4.69, 9.17) is 14.3 Å². The Hall–Kier alpha value is -2.50. The number of para-hydroxylation sites is 1. The molecule has 1 atom stereocenters. The van der Waals surface area contributed by atoms with Crippen molar-refractivity contribution in [1.29, 1.82) is 0 Å². The SMILES string of the molecule is CC1COc2ccccc2CN1c1nc(C(=O)O)co1. The van der Waals surface area contributed by atoms with Crippen molar-refractivity contribution >= 4 is 12.0 Å². The number of aromatic nitrogens is 1. The van der Waals surface area contributed by atoms with E-state index in [2.05, 4.69) is 4.98 Å². The molecule has 6 nitrogen and oxygen atoms in total. The summed E-state index contributed by atoms with van der Waals surface area (Å²) < 4.78 is 11.0. The maximum atomic E-state index is 10.9. The second-order valence-electron chi connectivity index (χ2n) is 4.72. The highest BCUT2D eigenvalue weighted by Crippen LogP contribution is 2.28. The third kappa shape index (κ3) is 2.20. The van der Waals surface area contributed by atoms with Crippen LogP contribution in [-0.4, -0.2) is 28.7 Å². The predicted molar refractivity (Wildman–Crippen MR) is 71.0 cm³/mol. The fraction of sp³-hybridized carbons (Fsp3) is 0.286. The summed E-state index contributed by atoms with van der Waals surface area (Å²) >= 11 is 0. The van der Waals surface area contributed by atoms with Crippen LogP contribution in [0.3, 0.4) is 0 Å². The molecule has 2 aromatic rings. The van der Waals surface area contributed by atoms with Gasteiger partial charge in [-0.05, 0) is 13.0 Å². The minimum atomic E-state index is -1.10. The molecule has 1 aromatic heterocycles. The Morgan fingerprint density at radius 1 is 1.45 bits per heavy atom. The van der Waals surface area contributed by atoms with Gasteiger partial charge in [-0.25, -0.2) is 4.79 Å². The summed E-state index contributed by atoms with van der Waals surface area (Å²) in [6.45, 7) is 3.04. The van der Waals surface area contributed by atoms with Gasteiger partial charge in [0, 0.05) is 5.56 Å². The Balaban J connectivity index is 1.93. The summed E-state index contributed by atoms with van der Waals surface area (Å²) in [6, 6.07) is 8.09. The number of oxazole rings is 1. The molecule has 3 rings (SSSR count). The zero-order chi connectivity index (χ0) is 14.1. The lowest BCUT2D eigenvalue weighted by molar-refractivity contribution is 0.0690. The molecule has 0 fully saturated rings. The van der Waals surface area contributed by atoms with Crippen LogP contribution < -0.4 is 9.64 Å². The van der Waals surface area contributed by atoms with Crippen molar-refractivity contribution in [2.75, 3.05) is 11.5 Å². The van der Waals surface area contributed by atoms with Gasteiger partial charge in [-0.1, -0.05) is 18.2 Å². The Kier molecular flexibility index (Phi) is 3.06. The molecule has 20 heavy (non-hydrogen) atoms. The minimum Gasteiger partial charge on any atom is -0.491 e. The number of fused-ring (bicyclic) bond motifs is 1. The molecule has 1 aliphatic heterocycles. The Bertz CT molecular complexity index is 638. The lowest BCUT2D eigenvalue weighted by Crippen LogP contribution is -2.35. The molecular weight excluding hydrogens is 260 g/mol. The maximum absolute atomic E-state index is 10.9. The van der Waals surface area contributed by atoms with Crippen molar-refractivity contribution in [3.8, 4) is 5.75 Å². The number of anilines is 1. The summed E-state index contributed by atoms with van der Waals surface area (Å²) in [7, 11) is 0. The molecule has 1 aromatic carbocycles. The molecule has 0 radical (unpaired) electrons. The summed E-state index contributed by atoms with van der Waals surface area (Å²) in [5, 5.41) is 8.91. The number of benzene rings is 1. The molecule has 6 heteroatoms. The Morgan fingerprint density at radius 2 is 2.25 bits per heavy atom. The average molecular weight is 274 g/mol. The van der Waals surface area contributed by atoms with E-state index in [0.29, 0.717) is 19.2 Å². The van der Waals surface area contributed by atoms with Gasteiger partial charge in [-0.2, -0.15) is 4.98 Å². The number of carboxylic acid groups (broad SMARTS) is 1. The minimum absolute atomic E-state index is 0.0303. The van der Waals surface area contributed by atoms with Crippen LogP contribution in [0, 0.1) is 0 Å². The van der Waals surface area contributed by atoms with Crippen molar-refractivity contribution in [3.05, 3.63) is 41.8 Å². The van der Waals surface area contributed by atoms with Crippen molar-refractivity contribution in [2.45, 2.75) is 19.5 Å². The van der Waals surface area contributed by atoms with Gasteiger partial charge in [0.2, 0.25) is 0 Å². The molecule has 0 aliphatic carbocycles. The van der Waals surface area contributed by atoms with Gasteiger partial charge in [-0.15, -0.1) is 0 Å². The van der Waals surface area contributed by atoms with Crippen LogP contribution in [0.1, 0.15) is 23.0 Å². The molecule has 0 saturated heterocycles. The fourth-order valence-corrected chi connectivity index (χ4v) is 2.17. The second-order valence-corrected chi connectivity index (χ2v) is 4.72. The van der Waals surface area contributed by atoms with Crippen molar-refractivity contribution in [3.63, 3.8) is 0 Å². The van der Waals surface area contributed by atoms with Gasteiger partial charge in [0.15, 0.2) is 5.69 Å². The van der Waals surface area contributed by atoms with Crippen LogP contribution in [-0.2, 0) is 6.54 Å². The monoisotopic (exact) mass is 274 g/mol. The predicted octanol–water partition coefficient (Wildman–Crippen LogP) is 2.16. The second kappa shape index (κ2) is 4.88. The molecule has 0 bridgehead atoms. The Labute approximate surface area is 115 Å². The smallest absolute Gasteiger partial charge is 0.357 e. The number of carbonyl (C=O) groups is 1. The summed E-state index contributed by atoms with van der Waals surface area (Å²) in [6.07, 6.45) is 1.15. The zero-order valence-corrected chi connectivity index (χ0v) is 10.9. The van der Waals surface area contributed by atoms with E-state index >= 15 is 0 Å². The third-order valence-electron chi connectivity index (χ3n) is 3.28. The van der Waals surface area contributed by atoms with Crippen molar-refractivity contribution in [1.82, 2.24) is 4.98 Å². The van der Waals surface area contributed by atoms with Gasteiger partial charge in [0.25, 0.3) is 6.01 Å². The van der Waals surface area contributed by atoms with Crippen LogP contribution in [0.15, 0.2) is 34.9 Å². The number of aromatic carboxylic acids is 1. The normalized spacial score (nSPS) is 18.1. The van der Waals surface area contributed by atoms with E-state index in [9.17, 15) is 4.79 Å². The topological polar surface area (TPSA) is 75.8 Å². The van der Waals surface area contributed by atoms with Gasteiger partial charge in [-0.3, -0.25) is 0 Å². The van der Waals surface area contributed by atoms with Crippen LogP contribution in [0.25, 0.3) is 0 Å². The van der Waals surface area contributed by atoms with Gasteiger partial charge in [0.1, 0.15) is 18.6 Å². The van der Waals surface area contributed by atoms with E-state index in [1.165, 1.54) is 0 Å². The first kappa shape index (κ1) is 12.5. The molecule has 0 amide bonds. The highest BCUT2D eigenvalue weighted by Gasteiger charge is 2.25. The third-order valence-corrected chi connectivity index (χ3v) is 3.28. The first-order valence-corrected chi connectivity index (χ1v) is 6.31. The van der Waals surface area contributed by atoms with E-state index in [-0.39, 0.29) is 11.7 Å². The molecule has 1 aliphatic rings. The highest BCUT2D eigenvalue weighted by molar-refractivity contribution is 5.85. The average Bonchev–Trinajstić information content (AvgIpc) is 2.86. The molecule has 2 heterocycles. The number of rotatable bonds is 2. The molecular formula is C14H14N2O4. The molecule has 0 saturated carbocycles. The van der Waals surface area contributed by atoms with Crippen molar-refractivity contribution in [2.24, 2.45) is 0 Å². The summed E-state index contributed by atoms with van der Waals surface area (Å²) in [5.74, 6) is -0.258. The number of hydrogen-bond donors (Lipinski definition) is 1. The maximum Gasteiger partial charge on any atom is 0.357 e. The summed E-state index contributed by atoms with van der Waals surface area (Å²) in [5.41, 5.74) is 0.928. The summed E-state index contributed by atoms with van der Waals surface area (Å²) in [4.78, 5) is 16.8. The lowest BCUT2D eigenvalue weighted by Gasteiger charge is -2.24. The number of nitrogens with zero attached hydrogens (tertiary/aromatic N) is 2. The molecule has 1 unspecified atom stereocenters. The van der Waals surface area contributed by atoms with Gasteiger partial charge < -0.3 is 19.2 Å². The molecule has 1 N–H and O–H groups in total. The highest BCUT2D eigenvalue weighted by atomic mass is 16.5. The van der Waals surface area contributed by atoms with Crippen LogP contribution in [0.5, 0.6) is 5.75 Å². The largest absolute Gasteiger partial charge is 0.491 e. The van der Waals surface area contributed by atoms with Crippen LogP contribution in [0.2, 0.25) is 0 Å². The standard InChI is InChI=1S/C14H14N2O4/c1-9-7-19-12-5-3-2-4-10(12)6-16(9)14-15-11(8-20-14)13(17)18/h2-5,8-9H,6-7H2,1H3,(H,17,18). The van der Waals surface area contributed by atoms with E-state index in [0.717, 1.165) is 17.6 Å². The van der Waals surface area contributed by atoms with Crippen LogP contribution in [0.4, 0.5) is 6.01 Å². The number of ether oxygens (including phenoxy) is 1. The molecule has 104 valence electrons. The molecule has 0 spiro atoms. The lowest BCUT2D eigenvalue weighted by atomic mass is 10.2. The van der Waals surface area contributed by atoms with Crippen molar-refractivity contribution < 1.29 is 19.1 Å². The van der Waals surface area contributed by atoms with Gasteiger partial charge in [0.05, 0.1) is 12.6 Å². The van der Waals surface area contributed by atoms with E-state index < -0.39 is 5.97 Å². The number of hydrogen-bond acceptors (Lipinski definition) is 5. The van der Waals surface area contributed by atoms with E-state index in [1.807, 2.05) is 36.1 Å². The van der Waals surface area contributed by atoms with Crippen LogP contribution >= 0.6 is 0 Å². The first-order valence-electron chi connectivity index (χ1n) is 6.31. The zero-order valence-electron chi connectivity index (χ0n) is 10.9. The fourth-order valence-electron chi connectivity index (χ4n) is 2.17. The number of carboxylic acids is 1. The Morgan fingerprint density at radius 3 is 3.00 bits per heavy atom.